The molecule has 0 aliphatic carbocycles. The van der Waals surface area contributed by atoms with Gasteiger partial charge in [0.25, 0.3) is 5.91 Å². The van der Waals surface area contributed by atoms with Gasteiger partial charge in [0.2, 0.25) is 10.0 Å². The molecule has 8 nitrogen and oxygen atoms in total. The van der Waals surface area contributed by atoms with Crippen molar-refractivity contribution in [2.45, 2.75) is 44.9 Å². The maximum Gasteiger partial charge on any atom is 0.251 e. The number of hydrogen-bond acceptors (Lipinski definition) is 6. The summed E-state index contributed by atoms with van der Waals surface area (Å²) in [6.45, 7) is 3.78. The molecule has 1 aliphatic rings. The van der Waals surface area contributed by atoms with Gasteiger partial charge in [-0.1, -0.05) is 61.9 Å². The van der Waals surface area contributed by atoms with E-state index in [9.17, 15) is 13.2 Å². The minimum Gasteiger partial charge on any atom is -0.497 e. The average Bonchev–Trinajstić information content (AvgIpc) is 3.44. The van der Waals surface area contributed by atoms with Crippen LogP contribution in [-0.4, -0.2) is 64.6 Å². The summed E-state index contributed by atoms with van der Waals surface area (Å²) in [5.41, 5.74) is 3.09. The lowest BCUT2D eigenvalue weighted by molar-refractivity contribution is 0.0599. The number of amides is 1. The summed E-state index contributed by atoms with van der Waals surface area (Å²) in [7, 11) is -0.275. The molecular weight excluding hydrogens is 526 g/mol. The summed E-state index contributed by atoms with van der Waals surface area (Å²) < 4.78 is 38.3. The molecule has 1 aliphatic heterocycles. The monoisotopic (exact) mass is 565 g/mol. The van der Waals surface area contributed by atoms with Crippen LogP contribution >= 0.6 is 0 Å². The third kappa shape index (κ3) is 7.84. The smallest absolute Gasteiger partial charge is 0.251 e. The number of benzene rings is 3. The van der Waals surface area contributed by atoms with Gasteiger partial charge in [0.05, 0.1) is 37.4 Å². The first-order chi connectivity index (χ1) is 19.3. The first-order valence-electron chi connectivity index (χ1n) is 13.7. The van der Waals surface area contributed by atoms with E-state index in [1.54, 1.807) is 31.4 Å². The second-order valence-electron chi connectivity index (χ2n) is 10.2. The Bertz CT molecular complexity index is 1370. The molecule has 40 heavy (non-hydrogen) atoms. The van der Waals surface area contributed by atoms with E-state index in [1.807, 2.05) is 55.5 Å². The number of nitrogens with zero attached hydrogens (tertiary/aromatic N) is 2. The van der Waals surface area contributed by atoms with Crippen LogP contribution in [0.15, 0.2) is 78.9 Å². The molecule has 3 aromatic rings. The van der Waals surface area contributed by atoms with Gasteiger partial charge in [0.15, 0.2) is 0 Å². The van der Waals surface area contributed by atoms with E-state index < -0.39 is 10.0 Å². The van der Waals surface area contributed by atoms with Gasteiger partial charge in [-0.3, -0.25) is 14.0 Å². The van der Waals surface area contributed by atoms with E-state index in [4.69, 9.17) is 9.47 Å². The molecule has 0 aromatic heterocycles. The number of rotatable bonds is 13. The number of sulfonamides is 1. The SMILES string of the molecule is CCCCS(=O)(=O)N(C)c1cccc(C(=O)N[C@@H](Cc2ccccc2)[C@H]2CN(Cc3cccc(OC)c3)CO2)c1. The fourth-order valence-electron chi connectivity index (χ4n) is 4.81. The summed E-state index contributed by atoms with van der Waals surface area (Å²) >= 11 is 0. The van der Waals surface area contributed by atoms with Gasteiger partial charge in [-0.15, -0.1) is 0 Å². The molecule has 9 heteroatoms. The fraction of sp³-hybridized carbons (Fsp3) is 0.387. The molecule has 214 valence electrons. The summed E-state index contributed by atoms with van der Waals surface area (Å²) in [6.07, 6.45) is 1.77. The van der Waals surface area contributed by atoms with Crippen molar-refractivity contribution in [2.75, 3.05) is 37.5 Å². The van der Waals surface area contributed by atoms with Crippen molar-refractivity contribution >= 4 is 21.6 Å². The lowest BCUT2D eigenvalue weighted by Crippen LogP contribution is -2.46. The van der Waals surface area contributed by atoms with Crippen molar-refractivity contribution in [3.63, 3.8) is 0 Å². The molecule has 0 saturated carbocycles. The zero-order valence-corrected chi connectivity index (χ0v) is 24.3. The molecule has 0 spiro atoms. The molecule has 4 rings (SSSR count). The summed E-state index contributed by atoms with van der Waals surface area (Å²) in [4.78, 5) is 15.7. The highest BCUT2D eigenvalue weighted by Gasteiger charge is 2.32. The zero-order chi connectivity index (χ0) is 28.5. The van der Waals surface area contributed by atoms with E-state index in [-0.39, 0.29) is 23.8 Å². The third-order valence-electron chi connectivity index (χ3n) is 7.16. The van der Waals surface area contributed by atoms with Crippen molar-refractivity contribution in [1.82, 2.24) is 10.2 Å². The fourth-order valence-corrected chi connectivity index (χ4v) is 6.17. The molecule has 1 saturated heterocycles. The lowest BCUT2D eigenvalue weighted by atomic mass is 10.00. The first kappa shape index (κ1) is 29.6. The van der Waals surface area contributed by atoms with Crippen molar-refractivity contribution < 1.29 is 22.7 Å². The van der Waals surface area contributed by atoms with Crippen LogP contribution in [0.25, 0.3) is 0 Å². The van der Waals surface area contributed by atoms with Gasteiger partial charge in [-0.2, -0.15) is 0 Å². The van der Waals surface area contributed by atoms with E-state index in [0.29, 0.717) is 43.9 Å². The van der Waals surface area contributed by atoms with Gasteiger partial charge in [-0.05, 0) is 54.3 Å². The van der Waals surface area contributed by atoms with Crippen LogP contribution in [0.2, 0.25) is 0 Å². The number of nitrogens with one attached hydrogen (secondary N) is 1. The van der Waals surface area contributed by atoms with E-state index in [0.717, 1.165) is 23.3 Å². The van der Waals surface area contributed by atoms with Gasteiger partial charge >= 0.3 is 0 Å². The molecule has 2 atom stereocenters. The Labute approximate surface area is 238 Å². The quantitative estimate of drug-likeness (QED) is 0.329. The van der Waals surface area contributed by atoms with Crippen molar-refractivity contribution in [3.05, 3.63) is 95.6 Å². The van der Waals surface area contributed by atoms with Gasteiger partial charge in [-0.25, -0.2) is 8.42 Å². The van der Waals surface area contributed by atoms with Crippen LogP contribution in [0.5, 0.6) is 5.75 Å². The number of hydrogen-bond donors (Lipinski definition) is 1. The molecule has 3 aromatic carbocycles. The first-order valence-corrected chi connectivity index (χ1v) is 15.3. The molecule has 0 unspecified atom stereocenters. The van der Waals surface area contributed by atoms with E-state index >= 15 is 0 Å². The van der Waals surface area contributed by atoms with Gasteiger partial charge in [0.1, 0.15) is 5.75 Å². The predicted molar refractivity (Wildman–Crippen MR) is 158 cm³/mol. The Morgan fingerprint density at radius 3 is 2.58 bits per heavy atom. The van der Waals surface area contributed by atoms with Gasteiger partial charge in [0, 0.05) is 25.7 Å². The molecule has 0 radical (unpaired) electrons. The number of unbranched alkanes of at least 4 members (excludes halogenated alkanes) is 1. The second-order valence-corrected chi connectivity index (χ2v) is 12.3. The van der Waals surface area contributed by atoms with Crippen LogP contribution in [-0.2, 0) is 27.7 Å². The van der Waals surface area contributed by atoms with Crippen LogP contribution in [0.3, 0.4) is 0 Å². The molecule has 1 amide bonds. The van der Waals surface area contributed by atoms with Crippen LogP contribution in [0.4, 0.5) is 5.69 Å². The van der Waals surface area contributed by atoms with E-state index in [1.165, 1.54) is 11.4 Å². The van der Waals surface area contributed by atoms with Crippen LogP contribution in [0.1, 0.15) is 41.3 Å². The molecular formula is C31H39N3O5S. The zero-order valence-electron chi connectivity index (χ0n) is 23.5. The van der Waals surface area contributed by atoms with Gasteiger partial charge < -0.3 is 14.8 Å². The Hall–Kier alpha value is -3.40. The summed E-state index contributed by atoms with van der Waals surface area (Å²) in [5.74, 6) is 0.618. The Kier molecular flexibility index (Phi) is 10.2. The average molecular weight is 566 g/mol. The minimum atomic E-state index is -3.46. The highest BCUT2D eigenvalue weighted by molar-refractivity contribution is 7.92. The number of methoxy groups -OCH3 is 1. The normalized spacial score (nSPS) is 16.4. The number of ether oxygens (including phenoxy) is 2. The Morgan fingerprint density at radius 1 is 1.07 bits per heavy atom. The maximum atomic E-state index is 13.5. The molecule has 1 fully saturated rings. The summed E-state index contributed by atoms with van der Waals surface area (Å²) in [5, 5.41) is 3.19. The Morgan fingerprint density at radius 2 is 1.82 bits per heavy atom. The lowest BCUT2D eigenvalue weighted by Gasteiger charge is -2.25. The highest BCUT2D eigenvalue weighted by Crippen LogP contribution is 2.22. The van der Waals surface area contributed by atoms with E-state index in [2.05, 4.69) is 16.3 Å². The minimum absolute atomic E-state index is 0.0703. The number of carbonyl (C=O) groups is 1. The summed E-state index contributed by atoms with van der Waals surface area (Å²) in [6, 6.07) is 24.5. The molecule has 1 heterocycles. The largest absolute Gasteiger partial charge is 0.497 e. The predicted octanol–water partition coefficient (Wildman–Crippen LogP) is 4.46. The van der Waals surface area contributed by atoms with Crippen LogP contribution < -0.4 is 14.4 Å². The van der Waals surface area contributed by atoms with Crippen molar-refractivity contribution in [2.24, 2.45) is 0 Å². The number of anilines is 1. The topological polar surface area (TPSA) is 88.2 Å². The van der Waals surface area contributed by atoms with Crippen molar-refractivity contribution in [3.8, 4) is 5.75 Å². The van der Waals surface area contributed by atoms with Crippen molar-refractivity contribution in [1.29, 1.82) is 0 Å². The highest BCUT2D eigenvalue weighted by atomic mass is 32.2. The maximum absolute atomic E-state index is 13.5. The third-order valence-corrected chi connectivity index (χ3v) is 9.01. The number of carbonyl (C=O) groups excluding carboxylic acids is 1. The Balaban J connectivity index is 1.48. The second kappa shape index (κ2) is 13.8. The standard InChI is InChI=1S/C31H39N3O5S/c1-4-5-17-40(36,37)33(2)27-15-10-14-26(20-27)31(35)32-29(19-24-11-7-6-8-12-24)30-22-34(23-39-30)21-25-13-9-16-28(18-25)38-3/h6-16,18,20,29-30H,4-5,17,19,21-23H2,1-3H3,(H,32,35)/t29-,30+/m0/s1. The molecule has 1 N–H and O–H groups in total. The molecule has 0 bridgehead atoms. The van der Waals surface area contributed by atoms with Crippen LogP contribution in [0, 0.1) is 0 Å².